The van der Waals surface area contributed by atoms with Gasteiger partial charge in [0.05, 0.1) is 0 Å². The van der Waals surface area contributed by atoms with Crippen molar-refractivity contribution in [2.24, 2.45) is 0 Å². The van der Waals surface area contributed by atoms with E-state index < -0.39 is 0 Å². The van der Waals surface area contributed by atoms with Crippen molar-refractivity contribution in [3.63, 3.8) is 0 Å². The highest BCUT2D eigenvalue weighted by molar-refractivity contribution is 5.98. The molecule has 0 heterocycles. The fourth-order valence-corrected chi connectivity index (χ4v) is 2.74. The maximum Gasteiger partial charge on any atom is 0.251 e. The second kappa shape index (κ2) is 7.10. The number of fused-ring (bicyclic) bond motifs is 1. The molecule has 0 unspecified atom stereocenters. The molecular weight excluding hydrogens is 282 g/mol. The Balaban J connectivity index is 1.61. The predicted molar refractivity (Wildman–Crippen MR) is 95.6 cm³/mol. The van der Waals surface area contributed by atoms with Crippen molar-refractivity contribution < 1.29 is 4.79 Å². The summed E-state index contributed by atoms with van der Waals surface area (Å²) in [7, 11) is 0. The summed E-state index contributed by atoms with van der Waals surface area (Å²) < 4.78 is 0. The van der Waals surface area contributed by atoms with Crippen molar-refractivity contribution in [2.75, 3.05) is 0 Å². The molecule has 0 aliphatic rings. The monoisotopic (exact) mass is 303 g/mol. The minimum atomic E-state index is -0.00341. The number of amides is 1. The van der Waals surface area contributed by atoms with Crippen molar-refractivity contribution >= 4 is 16.7 Å². The summed E-state index contributed by atoms with van der Waals surface area (Å²) in [5, 5.41) is 5.34. The molecule has 3 rings (SSSR count). The summed E-state index contributed by atoms with van der Waals surface area (Å²) in [4.78, 5) is 12.4. The van der Waals surface area contributed by atoms with Crippen LogP contribution >= 0.6 is 0 Å². The van der Waals surface area contributed by atoms with E-state index in [0.29, 0.717) is 0 Å². The van der Waals surface area contributed by atoms with E-state index >= 15 is 0 Å². The molecule has 3 aromatic carbocycles. The van der Waals surface area contributed by atoms with E-state index in [2.05, 4.69) is 30.4 Å². The Morgan fingerprint density at radius 3 is 2.39 bits per heavy atom. The van der Waals surface area contributed by atoms with Gasteiger partial charge < -0.3 is 5.32 Å². The van der Waals surface area contributed by atoms with Crippen LogP contribution in [0.5, 0.6) is 0 Å². The van der Waals surface area contributed by atoms with E-state index in [4.69, 9.17) is 0 Å². The summed E-state index contributed by atoms with van der Waals surface area (Å²) in [6.07, 6.45) is 1.91. The standard InChI is InChI=1S/C21H21NO/c1-16(11-12-17-7-3-2-4-8-17)22-21(23)20-14-13-18-9-5-6-10-19(18)15-20/h2-10,13-16H,11-12H2,1H3,(H,22,23)/t16-/m0/s1. The highest BCUT2D eigenvalue weighted by Crippen LogP contribution is 2.16. The Morgan fingerprint density at radius 2 is 1.61 bits per heavy atom. The van der Waals surface area contributed by atoms with Crippen LogP contribution in [0, 0.1) is 0 Å². The Labute approximate surface area is 137 Å². The second-order valence-electron chi connectivity index (χ2n) is 5.96. The first-order chi connectivity index (χ1) is 11.2. The van der Waals surface area contributed by atoms with Crippen LogP contribution in [0.1, 0.15) is 29.3 Å². The largest absolute Gasteiger partial charge is 0.350 e. The normalized spacial score (nSPS) is 12.0. The second-order valence-corrected chi connectivity index (χ2v) is 5.96. The van der Waals surface area contributed by atoms with Crippen LogP contribution in [0.15, 0.2) is 72.8 Å². The average Bonchev–Trinajstić information content (AvgIpc) is 2.60. The smallest absolute Gasteiger partial charge is 0.251 e. The first kappa shape index (κ1) is 15.3. The third-order valence-electron chi connectivity index (χ3n) is 4.10. The van der Waals surface area contributed by atoms with Crippen molar-refractivity contribution in [1.29, 1.82) is 0 Å². The van der Waals surface area contributed by atoms with Gasteiger partial charge in [-0.25, -0.2) is 0 Å². The van der Waals surface area contributed by atoms with Crippen molar-refractivity contribution in [1.82, 2.24) is 5.32 Å². The van der Waals surface area contributed by atoms with Crippen LogP contribution in [0.2, 0.25) is 0 Å². The lowest BCUT2D eigenvalue weighted by atomic mass is 10.0. The van der Waals surface area contributed by atoms with Crippen LogP contribution in [-0.4, -0.2) is 11.9 Å². The third-order valence-corrected chi connectivity index (χ3v) is 4.10. The number of benzene rings is 3. The van der Waals surface area contributed by atoms with Gasteiger partial charge in [0.2, 0.25) is 0 Å². The lowest BCUT2D eigenvalue weighted by molar-refractivity contribution is 0.0938. The van der Waals surface area contributed by atoms with Crippen LogP contribution < -0.4 is 5.32 Å². The van der Waals surface area contributed by atoms with Gasteiger partial charge in [0.15, 0.2) is 0 Å². The van der Waals surface area contributed by atoms with E-state index in [-0.39, 0.29) is 11.9 Å². The fraction of sp³-hybridized carbons (Fsp3) is 0.190. The molecule has 1 N–H and O–H groups in total. The van der Waals surface area contributed by atoms with E-state index in [9.17, 15) is 4.79 Å². The summed E-state index contributed by atoms with van der Waals surface area (Å²) in [5.74, 6) is -0.00341. The minimum Gasteiger partial charge on any atom is -0.350 e. The van der Waals surface area contributed by atoms with Gasteiger partial charge in [0, 0.05) is 11.6 Å². The number of carbonyl (C=O) groups is 1. The Kier molecular flexibility index (Phi) is 4.72. The maximum atomic E-state index is 12.4. The molecule has 0 saturated carbocycles. The average molecular weight is 303 g/mol. The topological polar surface area (TPSA) is 29.1 Å². The number of carbonyl (C=O) groups excluding carboxylic acids is 1. The molecule has 0 aliphatic carbocycles. The van der Waals surface area contributed by atoms with Gasteiger partial charge in [-0.3, -0.25) is 4.79 Å². The summed E-state index contributed by atoms with van der Waals surface area (Å²) >= 11 is 0. The molecular formula is C21H21NO. The fourth-order valence-electron chi connectivity index (χ4n) is 2.74. The van der Waals surface area contributed by atoms with Crippen LogP contribution in [0.3, 0.4) is 0 Å². The molecule has 0 bridgehead atoms. The van der Waals surface area contributed by atoms with E-state index in [0.717, 1.165) is 29.2 Å². The first-order valence-corrected chi connectivity index (χ1v) is 8.06. The third kappa shape index (κ3) is 3.98. The molecule has 2 nitrogen and oxygen atoms in total. The molecule has 0 radical (unpaired) electrons. The van der Waals surface area contributed by atoms with Crippen LogP contribution in [0.25, 0.3) is 10.8 Å². The number of hydrogen-bond acceptors (Lipinski definition) is 1. The molecule has 116 valence electrons. The zero-order chi connectivity index (χ0) is 16.1. The lowest BCUT2D eigenvalue weighted by Crippen LogP contribution is -2.32. The zero-order valence-corrected chi connectivity index (χ0v) is 13.3. The van der Waals surface area contributed by atoms with E-state index in [1.54, 1.807) is 0 Å². The Bertz CT molecular complexity index is 795. The van der Waals surface area contributed by atoms with Crippen LogP contribution in [-0.2, 0) is 6.42 Å². The number of nitrogens with one attached hydrogen (secondary N) is 1. The van der Waals surface area contributed by atoms with Gasteiger partial charge in [-0.2, -0.15) is 0 Å². The van der Waals surface area contributed by atoms with Gasteiger partial charge in [-0.15, -0.1) is 0 Å². The molecule has 0 spiro atoms. The molecule has 0 saturated heterocycles. The number of rotatable bonds is 5. The highest BCUT2D eigenvalue weighted by atomic mass is 16.1. The maximum absolute atomic E-state index is 12.4. The molecule has 0 fully saturated rings. The van der Waals surface area contributed by atoms with E-state index in [1.807, 2.05) is 54.6 Å². The van der Waals surface area contributed by atoms with Gasteiger partial charge in [-0.05, 0) is 48.2 Å². The quantitative estimate of drug-likeness (QED) is 0.734. The molecule has 0 aliphatic heterocycles. The lowest BCUT2D eigenvalue weighted by Gasteiger charge is -2.14. The van der Waals surface area contributed by atoms with Crippen molar-refractivity contribution in [3.8, 4) is 0 Å². The number of aryl methyl sites for hydroxylation is 1. The van der Waals surface area contributed by atoms with Crippen molar-refractivity contribution in [3.05, 3.63) is 83.9 Å². The summed E-state index contributed by atoms with van der Waals surface area (Å²) in [6, 6.07) is 24.4. The number of hydrogen-bond donors (Lipinski definition) is 1. The molecule has 1 atom stereocenters. The first-order valence-electron chi connectivity index (χ1n) is 8.06. The SMILES string of the molecule is C[C@@H](CCc1ccccc1)NC(=O)c1ccc2ccccc2c1. The van der Waals surface area contributed by atoms with Gasteiger partial charge in [0.25, 0.3) is 5.91 Å². The predicted octanol–water partition coefficient (Wildman–Crippen LogP) is 4.59. The van der Waals surface area contributed by atoms with Gasteiger partial charge in [0.1, 0.15) is 0 Å². The highest BCUT2D eigenvalue weighted by Gasteiger charge is 2.10. The van der Waals surface area contributed by atoms with E-state index in [1.165, 1.54) is 5.56 Å². The minimum absolute atomic E-state index is 0.00341. The molecule has 3 aromatic rings. The zero-order valence-electron chi connectivity index (χ0n) is 13.3. The molecule has 0 aromatic heterocycles. The van der Waals surface area contributed by atoms with Crippen LogP contribution in [0.4, 0.5) is 0 Å². The molecule has 2 heteroatoms. The van der Waals surface area contributed by atoms with Gasteiger partial charge in [-0.1, -0.05) is 60.7 Å². The molecule has 1 amide bonds. The summed E-state index contributed by atoms with van der Waals surface area (Å²) in [5.41, 5.74) is 2.02. The Hall–Kier alpha value is -2.61. The molecule has 23 heavy (non-hydrogen) atoms. The van der Waals surface area contributed by atoms with Crippen molar-refractivity contribution in [2.45, 2.75) is 25.8 Å². The Morgan fingerprint density at radius 1 is 0.913 bits per heavy atom. The summed E-state index contributed by atoms with van der Waals surface area (Å²) in [6.45, 7) is 2.06. The van der Waals surface area contributed by atoms with Gasteiger partial charge >= 0.3 is 0 Å².